The van der Waals surface area contributed by atoms with E-state index < -0.39 is 5.41 Å². The Bertz CT molecular complexity index is 421. The number of ether oxygens (including phenoxy) is 1. The summed E-state index contributed by atoms with van der Waals surface area (Å²) < 4.78 is 18.9. The summed E-state index contributed by atoms with van der Waals surface area (Å²) in [5.41, 5.74) is -0.347. The molecule has 0 saturated carbocycles. The van der Waals surface area contributed by atoms with E-state index in [0.717, 1.165) is 4.47 Å². The third-order valence-corrected chi connectivity index (χ3v) is 2.88. The summed E-state index contributed by atoms with van der Waals surface area (Å²) in [4.78, 5) is 11.4. The Morgan fingerprint density at radius 3 is 2.76 bits per heavy atom. The molecule has 1 aromatic carbocycles. The Balaban J connectivity index is 2.73. The predicted molar refractivity (Wildman–Crippen MR) is 68.4 cm³/mol. The summed E-state index contributed by atoms with van der Waals surface area (Å²) in [6.45, 7) is 3.77. The summed E-state index contributed by atoms with van der Waals surface area (Å²) in [5.74, 6) is -0.686. The Labute approximate surface area is 108 Å². The van der Waals surface area contributed by atoms with Crippen LogP contribution < -0.4 is 5.32 Å². The molecule has 0 fully saturated rings. The number of hydrogen-bond donors (Lipinski definition) is 1. The van der Waals surface area contributed by atoms with Crippen molar-refractivity contribution >= 4 is 27.6 Å². The van der Waals surface area contributed by atoms with Crippen molar-refractivity contribution in [1.82, 2.24) is 0 Å². The fraction of sp³-hybridized carbons (Fsp3) is 0.417. The first-order valence-corrected chi connectivity index (χ1v) is 5.93. The van der Waals surface area contributed by atoms with Gasteiger partial charge in [-0.3, -0.25) is 4.79 Å². The van der Waals surface area contributed by atoms with E-state index in [-0.39, 0.29) is 11.8 Å². The highest BCUT2D eigenvalue weighted by atomic mass is 79.9. The molecule has 0 radical (unpaired) electrons. The molecular weight excluding hydrogens is 289 g/mol. The van der Waals surface area contributed by atoms with Crippen molar-refractivity contribution in [2.75, 3.05) is 19.0 Å². The molecule has 94 valence electrons. The number of nitrogens with one attached hydrogen (secondary N) is 1. The maximum absolute atomic E-state index is 13.4. The highest BCUT2D eigenvalue weighted by Gasteiger charge is 2.28. The number of rotatable bonds is 4. The maximum atomic E-state index is 13.4. The van der Waals surface area contributed by atoms with Crippen molar-refractivity contribution in [3.05, 3.63) is 28.5 Å². The van der Waals surface area contributed by atoms with E-state index in [1.807, 2.05) is 0 Å². The second-order valence-electron chi connectivity index (χ2n) is 4.35. The molecule has 0 unspecified atom stereocenters. The second-order valence-corrected chi connectivity index (χ2v) is 5.27. The van der Waals surface area contributed by atoms with Gasteiger partial charge < -0.3 is 10.1 Å². The molecule has 0 spiro atoms. The molecule has 0 aliphatic carbocycles. The van der Waals surface area contributed by atoms with Gasteiger partial charge in [-0.25, -0.2) is 4.39 Å². The predicted octanol–water partition coefficient (Wildman–Crippen LogP) is 3.20. The van der Waals surface area contributed by atoms with Gasteiger partial charge >= 0.3 is 5.97 Å². The normalized spacial score (nSPS) is 11.1. The zero-order valence-corrected chi connectivity index (χ0v) is 11.6. The highest BCUT2D eigenvalue weighted by molar-refractivity contribution is 9.10. The average molecular weight is 304 g/mol. The lowest BCUT2D eigenvalue weighted by atomic mass is 9.93. The van der Waals surface area contributed by atoms with E-state index in [9.17, 15) is 9.18 Å². The van der Waals surface area contributed by atoms with Gasteiger partial charge in [-0.05, 0) is 32.0 Å². The Morgan fingerprint density at radius 2 is 2.18 bits per heavy atom. The summed E-state index contributed by atoms with van der Waals surface area (Å²) >= 11 is 3.26. The Morgan fingerprint density at radius 1 is 1.53 bits per heavy atom. The van der Waals surface area contributed by atoms with Crippen LogP contribution in [0.1, 0.15) is 13.8 Å². The molecule has 1 aromatic rings. The number of benzene rings is 1. The van der Waals surface area contributed by atoms with Crippen LogP contribution in [0.15, 0.2) is 22.7 Å². The number of carbonyl (C=O) groups is 1. The number of anilines is 1. The van der Waals surface area contributed by atoms with Crippen LogP contribution in [0.5, 0.6) is 0 Å². The number of hydrogen-bond acceptors (Lipinski definition) is 3. The monoisotopic (exact) mass is 303 g/mol. The molecule has 0 saturated heterocycles. The molecule has 3 nitrogen and oxygen atoms in total. The molecule has 5 heteroatoms. The van der Waals surface area contributed by atoms with Crippen LogP contribution in [0.2, 0.25) is 0 Å². The summed E-state index contributed by atoms with van der Waals surface area (Å²) in [5, 5.41) is 2.90. The number of methoxy groups -OCH3 is 1. The van der Waals surface area contributed by atoms with E-state index in [1.165, 1.54) is 13.2 Å². The highest BCUT2D eigenvalue weighted by Crippen LogP contribution is 2.23. The first kappa shape index (κ1) is 14.0. The van der Waals surface area contributed by atoms with Gasteiger partial charge in [-0.15, -0.1) is 0 Å². The van der Waals surface area contributed by atoms with E-state index in [0.29, 0.717) is 12.2 Å². The van der Waals surface area contributed by atoms with Crippen LogP contribution >= 0.6 is 15.9 Å². The van der Waals surface area contributed by atoms with Gasteiger partial charge in [0.05, 0.1) is 18.2 Å². The SMILES string of the molecule is COC(=O)C(C)(C)CNc1cc(Br)ccc1F. The van der Waals surface area contributed by atoms with Crippen LogP contribution in [-0.4, -0.2) is 19.6 Å². The van der Waals surface area contributed by atoms with Crippen molar-refractivity contribution in [2.24, 2.45) is 5.41 Å². The van der Waals surface area contributed by atoms with E-state index in [2.05, 4.69) is 26.0 Å². The van der Waals surface area contributed by atoms with Gasteiger partial charge in [-0.2, -0.15) is 0 Å². The summed E-state index contributed by atoms with van der Waals surface area (Å²) in [6, 6.07) is 4.60. The van der Waals surface area contributed by atoms with Crippen LogP contribution in [0, 0.1) is 11.2 Å². The van der Waals surface area contributed by atoms with Crippen molar-refractivity contribution in [3.63, 3.8) is 0 Å². The maximum Gasteiger partial charge on any atom is 0.313 e. The number of halogens is 2. The molecule has 0 aliphatic rings. The number of esters is 1. The van der Waals surface area contributed by atoms with Gasteiger partial charge in [0.25, 0.3) is 0 Å². The molecule has 1 N–H and O–H groups in total. The molecule has 0 bridgehead atoms. The van der Waals surface area contributed by atoms with Crippen LogP contribution in [0.4, 0.5) is 10.1 Å². The number of carbonyl (C=O) groups excluding carboxylic acids is 1. The lowest BCUT2D eigenvalue weighted by molar-refractivity contribution is -0.149. The fourth-order valence-corrected chi connectivity index (χ4v) is 1.66. The van der Waals surface area contributed by atoms with Gasteiger partial charge in [0, 0.05) is 11.0 Å². The average Bonchev–Trinajstić information content (AvgIpc) is 2.29. The minimum atomic E-state index is -0.705. The Hall–Kier alpha value is -1.10. The zero-order chi connectivity index (χ0) is 13.1. The second kappa shape index (κ2) is 5.49. The first-order valence-electron chi connectivity index (χ1n) is 5.14. The minimum absolute atomic E-state index is 0.299. The molecule has 0 heterocycles. The largest absolute Gasteiger partial charge is 0.469 e. The smallest absolute Gasteiger partial charge is 0.313 e. The van der Waals surface area contributed by atoms with E-state index in [1.54, 1.807) is 26.0 Å². The van der Waals surface area contributed by atoms with Crippen molar-refractivity contribution in [2.45, 2.75) is 13.8 Å². The molecule has 0 amide bonds. The van der Waals surface area contributed by atoms with Gasteiger partial charge in [0.15, 0.2) is 0 Å². The van der Waals surface area contributed by atoms with E-state index >= 15 is 0 Å². The molecule has 0 aromatic heterocycles. The Kier molecular flexibility index (Phi) is 4.51. The third-order valence-electron chi connectivity index (χ3n) is 2.39. The van der Waals surface area contributed by atoms with Crippen molar-refractivity contribution in [1.29, 1.82) is 0 Å². The van der Waals surface area contributed by atoms with Gasteiger partial charge in [0.2, 0.25) is 0 Å². The fourth-order valence-electron chi connectivity index (χ4n) is 1.30. The lowest BCUT2D eigenvalue weighted by Gasteiger charge is -2.22. The topological polar surface area (TPSA) is 38.3 Å². The minimum Gasteiger partial charge on any atom is -0.469 e. The standard InChI is InChI=1S/C12H15BrFNO2/c1-12(2,11(16)17-3)7-15-10-6-8(13)4-5-9(10)14/h4-6,15H,7H2,1-3H3. The summed E-state index contributed by atoms with van der Waals surface area (Å²) in [6.07, 6.45) is 0. The zero-order valence-electron chi connectivity index (χ0n) is 10.0. The quantitative estimate of drug-likeness (QED) is 0.868. The molecule has 17 heavy (non-hydrogen) atoms. The van der Waals surface area contributed by atoms with Crippen molar-refractivity contribution < 1.29 is 13.9 Å². The van der Waals surface area contributed by atoms with Crippen LogP contribution in [-0.2, 0) is 9.53 Å². The molecule has 1 rings (SSSR count). The van der Waals surface area contributed by atoms with Crippen molar-refractivity contribution in [3.8, 4) is 0 Å². The van der Waals surface area contributed by atoms with Gasteiger partial charge in [0.1, 0.15) is 5.82 Å². The third kappa shape index (κ3) is 3.70. The molecule has 0 aliphatic heterocycles. The molecular formula is C12H15BrFNO2. The van der Waals surface area contributed by atoms with Gasteiger partial charge in [-0.1, -0.05) is 15.9 Å². The first-order chi connectivity index (χ1) is 7.86. The molecule has 0 atom stereocenters. The van der Waals surface area contributed by atoms with E-state index in [4.69, 9.17) is 0 Å². The summed E-state index contributed by atoms with van der Waals surface area (Å²) in [7, 11) is 1.34. The lowest BCUT2D eigenvalue weighted by Crippen LogP contribution is -2.33. The van der Waals surface area contributed by atoms with Crippen LogP contribution in [0.25, 0.3) is 0 Å². The van der Waals surface area contributed by atoms with Crippen LogP contribution in [0.3, 0.4) is 0 Å².